The lowest BCUT2D eigenvalue weighted by Crippen LogP contribution is -2.45. The molecule has 33 heavy (non-hydrogen) atoms. The standard InChI is InChI=1S/C25H31ClN6O/c1-30(2)24-18-23(19-7-9-20(26)10-8-19)28-25(29-24)27-21-5-4-6-22(17-21)33-16-15-32-13-11-31(3)12-14-32/h4-10,17-18H,11-16H2,1-3H3,(H,27,28,29). The molecule has 1 aliphatic heterocycles. The number of benzene rings is 2. The Kier molecular flexibility index (Phi) is 7.65. The molecule has 8 heteroatoms. The Morgan fingerprint density at radius 1 is 1.00 bits per heavy atom. The first-order chi connectivity index (χ1) is 16.0. The predicted octanol–water partition coefficient (Wildman–Crippen LogP) is 4.23. The molecule has 0 spiro atoms. The molecule has 0 radical (unpaired) electrons. The quantitative estimate of drug-likeness (QED) is 0.533. The highest BCUT2D eigenvalue weighted by atomic mass is 35.5. The van der Waals surface area contributed by atoms with Crippen molar-refractivity contribution in [3.05, 3.63) is 59.6 Å². The second kappa shape index (κ2) is 10.8. The molecule has 0 atom stereocenters. The van der Waals surface area contributed by atoms with Gasteiger partial charge < -0.3 is 19.9 Å². The summed E-state index contributed by atoms with van der Waals surface area (Å²) < 4.78 is 6.02. The lowest BCUT2D eigenvalue weighted by molar-refractivity contribution is 0.134. The van der Waals surface area contributed by atoms with Crippen LogP contribution in [0.25, 0.3) is 11.3 Å². The van der Waals surface area contributed by atoms with Crippen LogP contribution in [0.1, 0.15) is 0 Å². The molecule has 3 aromatic rings. The zero-order valence-corrected chi connectivity index (χ0v) is 20.2. The van der Waals surface area contributed by atoms with Gasteiger partial charge >= 0.3 is 0 Å². The number of likely N-dealkylation sites (N-methyl/N-ethyl adjacent to an activating group) is 1. The molecule has 7 nitrogen and oxygen atoms in total. The van der Waals surface area contributed by atoms with E-state index in [4.69, 9.17) is 21.3 Å². The molecular formula is C25H31ClN6O. The summed E-state index contributed by atoms with van der Waals surface area (Å²) in [6, 6.07) is 17.5. The van der Waals surface area contributed by atoms with Crippen LogP contribution in [0.5, 0.6) is 5.75 Å². The van der Waals surface area contributed by atoms with Crippen LogP contribution in [0.2, 0.25) is 5.02 Å². The maximum atomic E-state index is 6.05. The van der Waals surface area contributed by atoms with E-state index >= 15 is 0 Å². The monoisotopic (exact) mass is 466 g/mol. The van der Waals surface area contributed by atoms with Crippen molar-refractivity contribution in [2.45, 2.75) is 0 Å². The minimum absolute atomic E-state index is 0.528. The smallest absolute Gasteiger partial charge is 0.229 e. The van der Waals surface area contributed by atoms with Crippen LogP contribution in [-0.2, 0) is 0 Å². The Balaban J connectivity index is 1.44. The van der Waals surface area contributed by atoms with Gasteiger partial charge in [-0.05, 0) is 31.3 Å². The number of hydrogen-bond donors (Lipinski definition) is 1. The molecule has 174 valence electrons. The van der Waals surface area contributed by atoms with Crippen molar-refractivity contribution in [2.75, 3.05) is 70.7 Å². The highest BCUT2D eigenvalue weighted by Gasteiger charge is 2.13. The average Bonchev–Trinajstić information content (AvgIpc) is 2.81. The normalized spacial score (nSPS) is 14.8. The fourth-order valence-corrected chi connectivity index (χ4v) is 3.77. The highest BCUT2D eigenvalue weighted by Crippen LogP contribution is 2.26. The number of rotatable bonds is 8. The average molecular weight is 467 g/mol. The zero-order valence-electron chi connectivity index (χ0n) is 19.5. The third-order valence-electron chi connectivity index (χ3n) is 5.67. The molecule has 0 bridgehead atoms. The van der Waals surface area contributed by atoms with Gasteiger partial charge in [-0.3, -0.25) is 4.90 Å². The first kappa shape index (κ1) is 23.3. The summed E-state index contributed by atoms with van der Waals surface area (Å²) in [7, 11) is 6.10. The van der Waals surface area contributed by atoms with Gasteiger partial charge in [0, 0.05) is 75.2 Å². The van der Waals surface area contributed by atoms with E-state index in [9.17, 15) is 0 Å². The van der Waals surface area contributed by atoms with E-state index < -0.39 is 0 Å². The van der Waals surface area contributed by atoms with Gasteiger partial charge in [-0.2, -0.15) is 4.98 Å². The number of nitrogens with zero attached hydrogens (tertiary/aromatic N) is 5. The fourth-order valence-electron chi connectivity index (χ4n) is 3.64. The maximum Gasteiger partial charge on any atom is 0.229 e. The SMILES string of the molecule is CN1CCN(CCOc2cccc(Nc3nc(-c4ccc(Cl)cc4)cc(N(C)C)n3)c2)CC1. The third-order valence-corrected chi connectivity index (χ3v) is 5.93. The van der Waals surface area contributed by atoms with Crippen LogP contribution >= 0.6 is 11.6 Å². The van der Waals surface area contributed by atoms with Gasteiger partial charge in [-0.15, -0.1) is 0 Å². The van der Waals surface area contributed by atoms with Crippen molar-refractivity contribution in [1.82, 2.24) is 19.8 Å². The number of nitrogens with one attached hydrogen (secondary N) is 1. The van der Waals surface area contributed by atoms with E-state index in [0.29, 0.717) is 17.6 Å². The number of piperazine rings is 1. The summed E-state index contributed by atoms with van der Waals surface area (Å²) in [4.78, 5) is 16.2. The first-order valence-corrected chi connectivity index (χ1v) is 11.6. The van der Waals surface area contributed by atoms with Gasteiger partial charge in [0.25, 0.3) is 0 Å². The fraction of sp³-hybridized carbons (Fsp3) is 0.360. The number of aromatic nitrogens is 2. The van der Waals surface area contributed by atoms with Gasteiger partial charge in [-0.25, -0.2) is 4.98 Å². The lowest BCUT2D eigenvalue weighted by atomic mass is 10.1. The van der Waals surface area contributed by atoms with E-state index in [2.05, 4.69) is 27.1 Å². The number of anilines is 3. The minimum atomic E-state index is 0.528. The van der Waals surface area contributed by atoms with Crippen molar-refractivity contribution >= 4 is 29.1 Å². The van der Waals surface area contributed by atoms with Gasteiger partial charge in [0.05, 0.1) is 5.69 Å². The van der Waals surface area contributed by atoms with Crippen molar-refractivity contribution in [3.8, 4) is 17.0 Å². The highest BCUT2D eigenvalue weighted by molar-refractivity contribution is 6.30. The maximum absolute atomic E-state index is 6.05. The molecule has 0 saturated carbocycles. The van der Waals surface area contributed by atoms with E-state index in [1.54, 1.807) is 0 Å². The van der Waals surface area contributed by atoms with Gasteiger partial charge in [0.15, 0.2) is 0 Å². The molecule has 0 unspecified atom stereocenters. The van der Waals surface area contributed by atoms with E-state index in [1.807, 2.05) is 73.6 Å². The Morgan fingerprint density at radius 2 is 1.76 bits per heavy atom. The Labute approximate surface area is 201 Å². The number of hydrogen-bond acceptors (Lipinski definition) is 7. The largest absolute Gasteiger partial charge is 0.492 e. The molecule has 1 N–H and O–H groups in total. The van der Waals surface area contributed by atoms with E-state index in [0.717, 1.165) is 61.2 Å². The molecule has 2 heterocycles. The van der Waals surface area contributed by atoms with Crippen molar-refractivity contribution in [3.63, 3.8) is 0 Å². The van der Waals surface area contributed by atoms with Gasteiger partial charge in [0.2, 0.25) is 5.95 Å². The summed E-state index contributed by atoms with van der Waals surface area (Å²) in [5.74, 6) is 2.17. The van der Waals surface area contributed by atoms with Gasteiger partial charge in [-0.1, -0.05) is 29.8 Å². The second-order valence-electron chi connectivity index (χ2n) is 8.48. The Bertz CT molecular complexity index is 1050. The molecule has 2 aromatic carbocycles. The zero-order chi connectivity index (χ0) is 23.2. The van der Waals surface area contributed by atoms with Crippen molar-refractivity contribution in [1.29, 1.82) is 0 Å². The number of halogens is 1. The van der Waals surface area contributed by atoms with Crippen molar-refractivity contribution in [2.24, 2.45) is 0 Å². The predicted molar refractivity (Wildman–Crippen MR) is 136 cm³/mol. The van der Waals surface area contributed by atoms with E-state index in [1.165, 1.54) is 0 Å². The third kappa shape index (κ3) is 6.57. The molecular weight excluding hydrogens is 436 g/mol. The summed E-state index contributed by atoms with van der Waals surface area (Å²) >= 11 is 6.05. The second-order valence-corrected chi connectivity index (χ2v) is 8.92. The summed E-state index contributed by atoms with van der Waals surface area (Å²) in [5.41, 5.74) is 2.69. The molecule has 1 aliphatic rings. The van der Waals surface area contributed by atoms with Crippen LogP contribution < -0.4 is 15.0 Å². The van der Waals surface area contributed by atoms with Crippen LogP contribution in [0.15, 0.2) is 54.6 Å². The van der Waals surface area contributed by atoms with Crippen LogP contribution in [-0.4, -0.2) is 80.2 Å². The Hall–Kier alpha value is -2.87. The molecule has 0 amide bonds. The minimum Gasteiger partial charge on any atom is -0.492 e. The molecule has 1 fully saturated rings. The summed E-state index contributed by atoms with van der Waals surface area (Å²) in [6.45, 7) is 6.02. The topological polar surface area (TPSA) is 56.8 Å². The molecule has 0 aliphatic carbocycles. The molecule has 1 aromatic heterocycles. The lowest BCUT2D eigenvalue weighted by Gasteiger charge is -2.32. The molecule has 4 rings (SSSR count). The Morgan fingerprint density at radius 3 is 2.48 bits per heavy atom. The van der Waals surface area contributed by atoms with Gasteiger partial charge in [0.1, 0.15) is 18.2 Å². The summed E-state index contributed by atoms with van der Waals surface area (Å²) in [5, 5.41) is 4.03. The first-order valence-electron chi connectivity index (χ1n) is 11.2. The van der Waals surface area contributed by atoms with Crippen LogP contribution in [0.4, 0.5) is 17.5 Å². The number of ether oxygens (including phenoxy) is 1. The van der Waals surface area contributed by atoms with Crippen molar-refractivity contribution < 1.29 is 4.74 Å². The summed E-state index contributed by atoms with van der Waals surface area (Å²) in [6.07, 6.45) is 0. The molecule has 1 saturated heterocycles. The van der Waals surface area contributed by atoms with Crippen LogP contribution in [0.3, 0.4) is 0 Å². The van der Waals surface area contributed by atoms with E-state index in [-0.39, 0.29) is 0 Å². The van der Waals surface area contributed by atoms with Crippen LogP contribution in [0, 0.1) is 0 Å².